The average Bonchev–Trinajstić information content (AvgIpc) is 2.87. The van der Waals surface area contributed by atoms with Gasteiger partial charge in [-0.05, 0) is 55.1 Å². The van der Waals surface area contributed by atoms with Crippen LogP contribution in [0.3, 0.4) is 0 Å². The third-order valence-electron chi connectivity index (χ3n) is 3.97. The van der Waals surface area contributed by atoms with Crippen LogP contribution in [-0.2, 0) is 6.54 Å². The maximum absolute atomic E-state index is 12.8. The molecule has 0 aliphatic heterocycles. The highest BCUT2D eigenvalue weighted by Crippen LogP contribution is 2.19. The van der Waals surface area contributed by atoms with Gasteiger partial charge in [-0.2, -0.15) is 0 Å². The SMILES string of the molecule is Cc1cc2ccccc2n1CCCNC(=O)c1ccc(F)cc1. The summed E-state index contributed by atoms with van der Waals surface area (Å²) in [5.74, 6) is -0.504. The van der Waals surface area contributed by atoms with Crippen molar-refractivity contribution in [2.24, 2.45) is 0 Å². The summed E-state index contributed by atoms with van der Waals surface area (Å²) < 4.78 is 15.1. The second kappa shape index (κ2) is 6.65. The van der Waals surface area contributed by atoms with E-state index in [9.17, 15) is 9.18 Å². The number of benzene rings is 2. The van der Waals surface area contributed by atoms with Crippen LogP contribution in [0.4, 0.5) is 4.39 Å². The van der Waals surface area contributed by atoms with Gasteiger partial charge in [0, 0.05) is 29.9 Å². The summed E-state index contributed by atoms with van der Waals surface area (Å²) in [5, 5.41) is 4.11. The van der Waals surface area contributed by atoms with E-state index in [1.807, 2.05) is 12.1 Å². The van der Waals surface area contributed by atoms with Gasteiger partial charge >= 0.3 is 0 Å². The Morgan fingerprint density at radius 2 is 1.87 bits per heavy atom. The quantitative estimate of drug-likeness (QED) is 0.712. The monoisotopic (exact) mass is 310 g/mol. The van der Waals surface area contributed by atoms with Crippen molar-refractivity contribution in [3.8, 4) is 0 Å². The summed E-state index contributed by atoms with van der Waals surface area (Å²) >= 11 is 0. The van der Waals surface area contributed by atoms with Crippen molar-refractivity contribution in [2.75, 3.05) is 6.54 Å². The molecule has 2 aromatic carbocycles. The normalized spacial score (nSPS) is 10.9. The van der Waals surface area contributed by atoms with Crippen LogP contribution in [0.25, 0.3) is 10.9 Å². The molecule has 0 atom stereocenters. The molecular weight excluding hydrogens is 291 g/mol. The molecule has 0 radical (unpaired) electrons. The molecule has 0 spiro atoms. The van der Waals surface area contributed by atoms with Crippen molar-refractivity contribution < 1.29 is 9.18 Å². The number of aromatic nitrogens is 1. The minimum Gasteiger partial charge on any atom is -0.352 e. The molecule has 4 heteroatoms. The van der Waals surface area contributed by atoms with E-state index in [2.05, 4.69) is 35.0 Å². The predicted molar refractivity (Wildman–Crippen MR) is 90.0 cm³/mol. The molecule has 118 valence electrons. The minimum atomic E-state index is -0.337. The molecule has 3 aromatic rings. The molecule has 1 N–H and O–H groups in total. The van der Waals surface area contributed by atoms with Crippen LogP contribution in [0.15, 0.2) is 54.6 Å². The van der Waals surface area contributed by atoms with Crippen molar-refractivity contribution in [1.29, 1.82) is 0 Å². The Balaban J connectivity index is 1.56. The molecule has 3 nitrogen and oxygen atoms in total. The Hall–Kier alpha value is -2.62. The number of carbonyl (C=O) groups excluding carboxylic acids is 1. The number of para-hydroxylation sites is 1. The number of hydrogen-bond donors (Lipinski definition) is 1. The first-order valence-electron chi connectivity index (χ1n) is 7.74. The van der Waals surface area contributed by atoms with Gasteiger partial charge in [0.1, 0.15) is 5.82 Å². The van der Waals surface area contributed by atoms with Gasteiger partial charge in [-0.15, -0.1) is 0 Å². The van der Waals surface area contributed by atoms with Gasteiger partial charge in [-0.3, -0.25) is 4.79 Å². The van der Waals surface area contributed by atoms with Crippen LogP contribution in [0.5, 0.6) is 0 Å². The van der Waals surface area contributed by atoms with Crippen LogP contribution in [-0.4, -0.2) is 17.0 Å². The van der Waals surface area contributed by atoms with Crippen LogP contribution in [0, 0.1) is 12.7 Å². The molecule has 0 saturated carbocycles. The van der Waals surface area contributed by atoms with Gasteiger partial charge in [-0.1, -0.05) is 18.2 Å². The first-order chi connectivity index (χ1) is 11.1. The highest BCUT2D eigenvalue weighted by molar-refractivity contribution is 5.94. The predicted octanol–water partition coefficient (Wildman–Crippen LogP) is 3.91. The Morgan fingerprint density at radius 3 is 2.65 bits per heavy atom. The molecule has 23 heavy (non-hydrogen) atoms. The lowest BCUT2D eigenvalue weighted by Crippen LogP contribution is -2.25. The number of halogens is 1. The van der Waals surface area contributed by atoms with Gasteiger partial charge in [0.05, 0.1) is 0 Å². The zero-order chi connectivity index (χ0) is 16.2. The van der Waals surface area contributed by atoms with Crippen molar-refractivity contribution in [3.05, 3.63) is 71.7 Å². The lowest BCUT2D eigenvalue weighted by molar-refractivity contribution is 0.0952. The number of amides is 1. The average molecular weight is 310 g/mol. The van der Waals surface area contributed by atoms with Gasteiger partial charge < -0.3 is 9.88 Å². The molecule has 1 heterocycles. The Labute approximate surface area is 134 Å². The summed E-state index contributed by atoms with van der Waals surface area (Å²) in [4.78, 5) is 12.0. The second-order valence-corrected chi connectivity index (χ2v) is 5.61. The number of nitrogens with one attached hydrogen (secondary N) is 1. The van der Waals surface area contributed by atoms with E-state index in [0.29, 0.717) is 12.1 Å². The van der Waals surface area contributed by atoms with E-state index >= 15 is 0 Å². The third-order valence-corrected chi connectivity index (χ3v) is 3.97. The van der Waals surface area contributed by atoms with Crippen LogP contribution in [0.2, 0.25) is 0 Å². The van der Waals surface area contributed by atoms with Crippen molar-refractivity contribution in [3.63, 3.8) is 0 Å². The van der Waals surface area contributed by atoms with Gasteiger partial charge in [0.2, 0.25) is 0 Å². The standard InChI is InChI=1S/C19H19FN2O/c1-14-13-16-5-2-3-6-18(16)22(14)12-4-11-21-19(23)15-7-9-17(20)10-8-15/h2-3,5-10,13H,4,11-12H2,1H3,(H,21,23). The fourth-order valence-corrected chi connectivity index (χ4v) is 2.79. The van der Waals surface area contributed by atoms with Crippen molar-refractivity contribution in [2.45, 2.75) is 19.9 Å². The molecular formula is C19H19FN2O. The van der Waals surface area contributed by atoms with E-state index in [1.165, 1.54) is 40.9 Å². The van der Waals surface area contributed by atoms with Crippen molar-refractivity contribution >= 4 is 16.8 Å². The summed E-state index contributed by atoms with van der Waals surface area (Å²) in [5.41, 5.74) is 2.92. The van der Waals surface area contributed by atoms with E-state index in [-0.39, 0.29) is 11.7 Å². The van der Waals surface area contributed by atoms with Gasteiger partial charge in [0.15, 0.2) is 0 Å². The molecule has 0 unspecified atom stereocenters. The molecule has 0 aliphatic carbocycles. The van der Waals surface area contributed by atoms with Crippen LogP contribution in [0.1, 0.15) is 22.5 Å². The number of fused-ring (bicyclic) bond motifs is 1. The highest BCUT2D eigenvalue weighted by Gasteiger charge is 2.06. The van der Waals surface area contributed by atoms with Gasteiger partial charge in [-0.25, -0.2) is 4.39 Å². The lowest BCUT2D eigenvalue weighted by atomic mass is 10.2. The summed E-state index contributed by atoms with van der Waals surface area (Å²) in [6, 6.07) is 16.0. The van der Waals surface area contributed by atoms with E-state index in [1.54, 1.807) is 0 Å². The largest absolute Gasteiger partial charge is 0.352 e. The Kier molecular flexibility index (Phi) is 4.42. The van der Waals surface area contributed by atoms with E-state index < -0.39 is 0 Å². The smallest absolute Gasteiger partial charge is 0.251 e. The van der Waals surface area contributed by atoms with E-state index in [4.69, 9.17) is 0 Å². The molecule has 0 bridgehead atoms. The number of hydrogen-bond acceptors (Lipinski definition) is 1. The molecule has 3 rings (SSSR count). The topological polar surface area (TPSA) is 34.0 Å². The number of aryl methyl sites for hydroxylation is 2. The second-order valence-electron chi connectivity index (χ2n) is 5.61. The van der Waals surface area contributed by atoms with Crippen molar-refractivity contribution in [1.82, 2.24) is 9.88 Å². The number of rotatable bonds is 5. The molecule has 1 amide bonds. The third kappa shape index (κ3) is 3.42. The van der Waals surface area contributed by atoms with Crippen LogP contribution < -0.4 is 5.32 Å². The van der Waals surface area contributed by atoms with Gasteiger partial charge in [0.25, 0.3) is 5.91 Å². The summed E-state index contributed by atoms with van der Waals surface area (Å²) in [6.07, 6.45) is 0.840. The molecule has 0 saturated heterocycles. The minimum absolute atomic E-state index is 0.168. The molecule has 1 aromatic heterocycles. The van der Waals surface area contributed by atoms with Crippen LogP contribution >= 0.6 is 0 Å². The first kappa shape index (κ1) is 15.3. The zero-order valence-corrected chi connectivity index (χ0v) is 13.1. The summed E-state index contributed by atoms with van der Waals surface area (Å²) in [7, 11) is 0. The summed E-state index contributed by atoms with van der Waals surface area (Å²) in [6.45, 7) is 3.53. The zero-order valence-electron chi connectivity index (χ0n) is 13.1. The number of nitrogens with zero attached hydrogens (tertiary/aromatic N) is 1. The van der Waals surface area contributed by atoms with E-state index in [0.717, 1.165) is 13.0 Å². The fourth-order valence-electron chi connectivity index (χ4n) is 2.79. The number of carbonyl (C=O) groups is 1. The maximum Gasteiger partial charge on any atom is 0.251 e. The Morgan fingerprint density at radius 1 is 1.13 bits per heavy atom. The molecule has 0 fully saturated rings. The molecule has 0 aliphatic rings. The Bertz CT molecular complexity index is 821. The highest BCUT2D eigenvalue weighted by atomic mass is 19.1. The lowest BCUT2D eigenvalue weighted by Gasteiger charge is -2.09. The first-order valence-corrected chi connectivity index (χ1v) is 7.74. The fraction of sp³-hybridized carbons (Fsp3) is 0.211. The maximum atomic E-state index is 12.8.